The van der Waals surface area contributed by atoms with E-state index in [4.69, 9.17) is 4.52 Å². The number of aromatic nitrogens is 4. The van der Waals surface area contributed by atoms with E-state index in [2.05, 4.69) is 32.4 Å². The molecule has 2 saturated heterocycles. The number of hydrogen-bond donors (Lipinski definition) is 0. The molecule has 2 aliphatic heterocycles. The van der Waals surface area contributed by atoms with Crippen molar-refractivity contribution < 1.29 is 9.32 Å². The van der Waals surface area contributed by atoms with E-state index in [1.165, 1.54) is 0 Å². The van der Waals surface area contributed by atoms with Crippen LogP contribution in [0, 0.1) is 18.8 Å². The number of aryl methyl sites for hydroxylation is 1. The first-order valence-electron chi connectivity index (χ1n) is 10.5. The van der Waals surface area contributed by atoms with Crippen molar-refractivity contribution in [3.05, 3.63) is 77.8 Å². The molecule has 0 unspecified atom stereocenters. The van der Waals surface area contributed by atoms with Gasteiger partial charge in [-0.05, 0) is 24.6 Å². The van der Waals surface area contributed by atoms with Crippen molar-refractivity contribution in [1.29, 1.82) is 0 Å². The molecule has 5 heterocycles. The second-order valence-corrected chi connectivity index (χ2v) is 8.39. The summed E-state index contributed by atoms with van der Waals surface area (Å²) in [6, 6.07) is 17.9. The molecule has 0 N–H and O–H groups in total. The van der Waals surface area contributed by atoms with Gasteiger partial charge in [0.25, 0.3) is 5.91 Å². The van der Waals surface area contributed by atoms with Gasteiger partial charge in [0.2, 0.25) is 5.95 Å². The number of pyridine rings is 1. The first kappa shape index (κ1) is 18.1. The number of amides is 1. The third-order valence-corrected chi connectivity index (χ3v) is 6.49. The van der Waals surface area contributed by atoms with Crippen molar-refractivity contribution in [3.63, 3.8) is 0 Å². The number of anilines is 1. The van der Waals surface area contributed by atoms with E-state index in [0.29, 0.717) is 29.8 Å². The van der Waals surface area contributed by atoms with Gasteiger partial charge in [0.15, 0.2) is 11.3 Å². The molecule has 1 amide bonds. The Morgan fingerprint density at radius 2 is 1.87 bits per heavy atom. The van der Waals surface area contributed by atoms with Crippen LogP contribution in [-0.4, -0.2) is 50.2 Å². The van der Waals surface area contributed by atoms with Crippen LogP contribution in [0.2, 0.25) is 0 Å². The van der Waals surface area contributed by atoms with Crippen LogP contribution in [-0.2, 0) is 0 Å². The molecule has 2 aliphatic rings. The summed E-state index contributed by atoms with van der Waals surface area (Å²) in [6.07, 6.45) is 2.00. The van der Waals surface area contributed by atoms with Crippen LogP contribution in [0.25, 0.3) is 5.65 Å². The Morgan fingerprint density at radius 3 is 2.68 bits per heavy atom. The number of hydrogen-bond acceptors (Lipinski definition) is 6. The monoisotopic (exact) mass is 414 g/mol. The number of benzene rings is 1. The molecule has 4 aromatic rings. The average molecular weight is 414 g/mol. The molecule has 0 saturated carbocycles. The number of carbonyl (C=O) groups is 1. The highest BCUT2D eigenvalue weighted by Gasteiger charge is 2.50. The van der Waals surface area contributed by atoms with E-state index in [1.807, 2.05) is 51.9 Å². The maximum absolute atomic E-state index is 13.3. The van der Waals surface area contributed by atoms with E-state index in [1.54, 1.807) is 13.0 Å². The van der Waals surface area contributed by atoms with Crippen LogP contribution < -0.4 is 4.90 Å². The van der Waals surface area contributed by atoms with Gasteiger partial charge < -0.3 is 14.3 Å². The van der Waals surface area contributed by atoms with Crippen molar-refractivity contribution in [1.82, 2.24) is 24.7 Å². The summed E-state index contributed by atoms with van der Waals surface area (Å²) in [5.41, 5.74) is 2.36. The second-order valence-electron chi connectivity index (χ2n) is 8.39. The third kappa shape index (κ3) is 2.90. The zero-order valence-corrected chi connectivity index (χ0v) is 17.1. The molecule has 156 valence electrons. The molecule has 3 aromatic heterocycles. The first-order chi connectivity index (χ1) is 15.2. The molecule has 0 spiro atoms. The number of nitrogens with zero attached hydrogens (tertiary/aromatic N) is 6. The minimum atomic E-state index is -0.0698. The fourth-order valence-corrected chi connectivity index (χ4v) is 5.15. The van der Waals surface area contributed by atoms with Gasteiger partial charge in [-0.2, -0.15) is 0 Å². The lowest BCUT2D eigenvalue weighted by molar-refractivity contribution is 0.0705. The Labute approximate surface area is 179 Å². The maximum Gasteiger partial charge on any atom is 0.276 e. The first-order valence-corrected chi connectivity index (χ1v) is 10.5. The molecular formula is C23H22N6O2. The van der Waals surface area contributed by atoms with Crippen molar-refractivity contribution in [2.75, 3.05) is 24.5 Å². The smallest absolute Gasteiger partial charge is 0.276 e. The third-order valence-electron chi connectivity index (χ3n) is 6.49. The van der Waals surface area contributed by atoms with Gasteiger partial charge >= 0.3 is 0 Å². The SMILES string of the molecule is Cc1cc(C(=O)N2C[C@@H]3CN(c4nnc5ccccn45)C[C@@H]3[C@@H]2c2ccccc2)no1. The molecule has 31 heavy (non-hydrogen) atoms. The Balaban J connectivity index is 1.34. The molecule has 8 nitrogen and oxygen atoms in total. The molecule has 0 bridgehead atoms. The van der Waals surface area contributed by atoms with E-state index in [0.717, 1.165) is 30.2 Å². The highest BCUT2D eigenvalue weighted by molar-refractivity contribution is 5.93. The summed E-state index contributed by atoms with van der Waals surface area (Å²) in [5.74, 6) is 2.08. The largest absolute Gasteiger partial charge is 0.361 e. The standard InChI is InChI=1S/C23H22N6O2/c1-15-11-19(26-31-15)22(30)29-13-17-12-27(23-25-24-20-9-5-6-10-28(20)23)14-18(17)21(29)16-7-3-2-4-8-16/h2-11,17-18,21H,12-14H2,1H3/t17-,18-,21-/m0/s1. The fourth-order valence-electron chi connectivity index (χ4n) is 5.15. The molecule has 6 rings (SSSR count). The van der Waals surface area contributed by atoms with E-state index in [-0.39, 0.29) is 11.9 Å². The van der Waals surface area contributed by atoms with Crippen LogP contribution in [0.15, 0.2) is 65.3 Å². The zero-order valence-electron chi connectivity index (χ0n) is 17.1. The van der Waals surface area contributed by atoms with Crippen molar-refractivity contribution in [2.45, 2.75) is 13.0 Å². The van der Waals surface area contributed by atoms with E-state index < -0.39 is 0 Å². The average Bonchev–Trinajstić information content (AvgIpc) is 3.55. The predicted octanol–water partition coefficient (Wildman–Crippen LogP) is 2.98. The second kappa shape index (κ2) is 6.94. The van der Waals surface area contributed by atoms with Gasteiger partial charge in [-0.15, -0.1) is 10.2 Å². The normalized spacial score (nSPS) is 22.9. The maximum atomic E-state index is 13.3. The summed E-state index contributed by atoms with van der Waals surface area (Å²) in [7, 11) is 0. The highest BCUT2D eigenvalue weighted by atomic mass is 16.5. The molecule has 2 fully saturated rings. The predicted molar refractivity (Wildman–Crippen MR) is 114 cm³/mol. The van der Waals surface area contributed by atoms with Crippen molar-refractivity contribution in [2.24, 2.45) is 11.8 Å². The number of likely N-dealkylation sites (tertiary alicyclic amines) is 1. The van der Waals surface area contributed by atoms with Crippen molar-refractivity contribution in [3.8, 4) is 0 Å². The Bertz CT molecular complexity index is 1250. The van der Waals surface area contributed by atoms with E-state index >= 15 is 0 Å². The number of fused-ring (bicyclic) bond motifs is 2. The number of carbonyl (C=O) groups excluding carboxylic acids is 1. The summed E-state index contributed by atoms with van der Waals surface area (Å²) in [6.45, 7) is 4.15. The highest BCUT2D eigenvalue weighted by Crippen LogP contribution is 2.46. The van der Waals surface area contributed by atoms with Gasteiger partial charge in [0.1, 0.15) is 5.76 Å². The van der Waals surface area contributed by atoms with Crippen LogP contribution in [0.3, 0.4) is 0 Å². The topological polar surface area (TPSA) is 79.8 Å². The summed E-state index contributed by atoms with van der Waals surface area (Å²) in [4.78, 5) is 17.6. The van der Waals surface area contributed by atoms with E-state index in [9.17, 15) is 4.79 Å². The fraction of sp³-hybridized carbons (Fsp3) is 0.304. The molecular weight excluding hydrogens is 392 g/mol. The number of rotatable bonds is 3. The van der Waals surface area contributed by atoms with Gasteiger partial charge in [-0.1, -0.05) is 41.6 Å². The van der Waals surface area contributed by atoms with Gasteiger partial charge in [-0.25, -0.2) is 0 Å². The van der Waals surface area contributed by atoms with Crippen LogP contribution in [0.4, 0.5) is 5.95 Å². The molecule has 0 radical (unpaired) electrons. The molecule has 3 atom stereocenters. The quantitative estimate of drug-likeness (QED) is 0.513. The van der Waals surface area contributed by atoms with Gasteiger partial charge in [0, 0.05) is 43.7 Å². The molecule has 1 aromatic carbocycles. The molecule has 0 aliphatic carbocycles. The van der Waals surface area contributed by atoms with Crippen LogP contribution in [0.5, 0.6) is 0 Å². The lowest BCUT2D eigenvalue weighted by atomic mass is 9.89. The zero-order chi connectivity index (χ0) is 20.9. The van der Waals surface area contributed by atoms with Gasteiger partial charge in [-0.3, -0.25) is 9.20 Å². The Hall–Kier alpha value is -3.68. The van der Waals surface area contributed by atoms with Crippen LogP contribution in [0.1, 0.15) is 27.9 Å². The van der Waals surface area contributed by atoms with Crippen LogP contribution >= 0.6 is 0 Å². The summed E-state index contributed by atoms with van der Waals surface area (Å²) in [5, 5.41) is 12.7. The van der Waals surface area contributed by atoms with Gasteiger partial charge in [0.05, 0.1) is 6.04 Å². The lowest BCUT2D eigenvalue weighted by Gasteiger charge is -2.29. The lowest BCUT2D eigenvalue weighted by Crippen LogP contribution is -2.36. The summed E-state index contributed by atoms with van der Waals surface area (Å²) < 4.78 is 7.19. The summed E-state index contributed by atoms with van der Waals surface area (Å²) >= 11 is 0. The Kier molecular flexibility index (Phi) is 4.05. The minimum Gasteiger partial charge on any atom is -0.361 e. The van der Waals surface area contributed by atoms with Crippen molar-refractivity contribution >= 4 is 17.5 Å². The minimum absolute atomic E-state index is 0.0140. The molecule has 8 heteroatoms. The Morgan fingerprint density at radius 1 is 1.03 bits per heavy atom.